The Kier molecular flexibility index (Phi) is 1.39. The molecule has 0 aromatic carbocycles. The first-order valence-corrected chi connectivity index (χ1v) is 2.38. The number of rotatable bonds is 1. The van der Waals surface area contributed by atoms with Gasteiger partial charge in [-0.2, -0.15) is 0 Å². The Hall–Kier alpha value is -1.16. The minimum Gasteiger partial charge on any atom is -0.472 e. The van der Waals surface area contributed by atoms with Gasteiger partial charge in [0.1, 0.15) is 0 Å². The summed E-state index contributed by atoms with van der Waals surface area (Å²) in [6.07, 6.45) is 8.96. The third kappa shape index (κ3) is 0.913. The van der Waals surface area contributed by atoms with Crippen LogP contribution >= 0.6 is 0 Å². The molecule has 0 unspecified atom stereocenters. The van der Waals surface area contributed by atoms with Gasteiger partial charge in [-0.25, -0.2) is 0 Å². The molecule has 1 heterocycles. The topological polar surface area (TPSA) is 13.1 Å². The molecule has 0 saturated heterocycles. The summed E-state index contributed by atoms with van der Waals surface area (Å²) in [7, 11) is 0. The Morgan fingerprint density at radius 3 is 3.12 bits per heavy atom. The summed E-state index contributed by atoms with van der Waals surface area (Å²) >= 11 is 0. The van der Waals surface area contributed by atoms with E-state index in [1.807, 2.05) is 6.07 Å². The van der Waals surface area contributed by atoms with Gasteiger partial charge in [-0.3, -0.25) is 0 Å². The van der Waals surface area contributed by atoms with E-state index in [0.717, 1.165) is 5.56 Å². The van der Waals surface area contributed by atoms with Crippen molar-refractivity contribution in [3.8, 4) is 12.3 Å². The summed E-state index contributed by atoms with van der Waals surface area (Å²) in [6, 6.07) is 1.86. The summed E-state index contributed by atoms with van der Waals surface area (Å²) < 4.78 is 4.77. The molecule has 0 bridgehead atoms. The first kappa shape index (κ1) is 4.99. The number of hydrogen-bond donors (Lipinski definition) is 0. The lowest BCUT2D eigenvalue weighted by molar-refractivity contribution is 0.565. The van der Waals surface area contributed by atoms with Gasteiger partial charge >= 0.3 is 0 Å². The molecule has 0 N–H and O–H groups in total. The standard InChI is InChI=1S/C7H6O/c1-2-3-7-4-5-8-6-7/h1,4-6H,3H2. The first-order valence-electron chi connectivity index (χ1n) is 2.38. The van der Waals surface area contributed by atoms with Crippen molar-refractivity contribution in [2.24, 2.45) is 0 Å². The second kappa shape index (κ2) is 2.23. The normalized spacial score (nSPS) is 8.38. The van der Waals surface area contributed by atoms with Crippen LogP contribution in [0.2, 0.25) is 0 Å². The minimum absolute atomic E-state index is 0.663. The van der Waals surface area contributed by atoms with Crippen LogP contribution in [0.25, 0.3) is 0 Å². The first-order chi connectivity index (χ1) is 3.93. The predicted octanol–water partition coefficient (Wildman–Crippen LogP) is 1.46. The lowest BCUT2D eigenvalue weighted by atomic mass is 10.3. The minimum atomic E-state index is 0.663. The molecule has 1 aromatic heterocycles. The molecule has 8 heavy (non-hydrogen) atoms. The molecule has 0 amide bonds. The lowest BCUT2D eigenvalue weighted by Crippen LogP contribution is -1.70. The SMILES string of the molecule is C#CCc1ccoc1. The van der Waals surface area contributed by atoms with Gasteiger partial charge in [-0.05, 0) is 6.07 Å². The Labute approximate surface area is 48.3 Å². The van der Waals surface area contributed by atoms with Crippen LogP contribution in [0.5, 0.6) is 0 Å². The van der Waals surface area contributed by atoms with Gasteiger partial charge < -0.3 is 4.42 Å². The second-order valence-electron chi connectivity index (χ2n) is 1.51. The van der Waals surface area contributed by atoms with Crippen molar-refractivity contribution in [3.63, 3.8) is 0 Å². The average molecular weight is 106 g/mol. The van der Waals surface area contributed by atoms with Crippen molar-refractivity contribution in [1.29, 1.82) is 0 Å². The largest absolute Gasteiger partial charge is 0.472 e. The zero-order valence-corrected chi connectivity index (χ0v) is 4.42. The van der Waals surface area contributed by atoms with Crippen molar-refractivity contribution in [2.75, 3.05) is 0 Å². The van der Waals surface area contributed by atoms with Crippen LogP contribution in [0.4, 0.5) is 0 Å². The molecule has 1 rings (SSSR count). The highest BCUT2D eigenvalue weighted by Gasteiger charge is 1.86. The quantitative estimate of drug-likeness (QED) is 0.494. The Morgan fingerprint density at radius 1 is 1.75 bits per heavy atom. The third-order valence-electron chi connectivity index (χ3n) is 0.886. The number of furan rings is 1. The Morgan fingerprint density at radius 2 is 2.62 bits per heavy atom. The van der Waals surface area contributed by atoms with E-state index in [-0.39, 0.29) is 0 Å². The van der Waals surface area contributed by atoms with E-state index in [1.54, 1.807) is 12.5 Å². The van der Waals surface area contributed by atoms with E-state index in [0.29, 0.717) is 6.42 Å². The van der Waals surface area contributed by atoms with E-state index in [2.05, 4.69) is 5.92 Å². The molecule has 0 spiro atoms. The summed E-state index contributed by atoms with van der Waals surface area (Å²) in [5.74, 6) is 2.51. The van der Waals surface area contributed by atoms with Crippen LogP contribution in [0.1, 0.15) is 5.56 Å². The molecule has 0 saturated carbocycles. The number of hydrogen-bond acceptors (Lipinski definition) is 1. The van der Waals surface area contributed by atoms with Crippen LogP contribution < -0.4 is 0 Å². The van der Waals surface area contributed by atoms with E-state index < -0.39 is 0 Å². The molecule has 0 aliphatic carbocycles. The molecule has 1 heteroatoms. The van der Waals surface area contributed by atoms with Gasteiger partial charge in [0, 0.05) is 12.0 Å². The summed E-state index contributed by atoms with van der Waals surface area (Å²) in [4.78, 5) is 0. The van der Waals surface area contributed by atoms with Crippen LogP contribution in [-0.4, -0.2) is 0 Å². The Bertz CT molecular complexity index is 179. The van der Waals surface area contributed by atoms with Crippen molar-refractivity contribution >= 4 is 0 Å². The summed E-state index contributed by atoms with van der Waals surface area (Å²) in [5, 5.41) is 0. The molecule has 0 radical (unpaired) electrons. The highest BCUT2D eigenvalue weighted by molar-refractivity contribution is 5.12. The van der Waals surface area contributed by atoms with Crippen molar-refractivity contribution in [3.05, 3.63) is 24.2 Å². The van der Waals surface area contributed by atoms with E-state index >= 15 is 0 Å². The fraction of sp³-hybridized carbons (Fsp3) is 0.143. The van der Waals surface area contributed by atoms with Crippen LogP contribution in [0, 0.1) is 12.3 Å². The summed E-state index contributed by atoms with van der Waals surface area (Å²) in [5.41, 5.74) is 1.06. The molecular formula is C7H6O. The molecule has 1 aromatic rings. The fourth-order valence-electron chi connectivity index (χ4n) is 0.511. The monoisotopic (exact) mass is 106 g/mol. The van der Waals surface area contributed by atoms with E-state index in [1.165, 1.54) is 0 Å². The maximum absolute atomic E-state index is 5.03. The lowest BCUT2D eigenvalue weighted by Gasteiger charge is -1.77. The van der Waals surface area contributed by atoms with E-state index in [4.69, 9.17) is 10.8 Å². The third-order valence-corrected chi connectivity index (χ3v) is 0.886. The van der Waals surface area contributed by atoms with Crippen molar-refractivity contribution in [2.45, 2.75) is 6.42 Å². The summed E-state index contributed by atoms with van der Waals surface area (Å²) in [6.45, 7) is 0. The average Bonchev–Trinajstić information content (AvgIpc) is 2.19. The number of terminal acetylenes is 1. The maximum Gasteiger partial charge on any atom is 0.0944 e. The van der Waals surface area contributed by atoms with E-state index in [9.17, 15) is 0 Å². The predicted molar refractivity (Wildman–Crippen MR) is 31.2 cm³/mol. The van der Waals surface area contributed by atoms with Gasteiger partial charge in [0.25, 0.3) is 0 Å². The molecule has 40 valence electrons. The van der Waals surface area contributed by atoms with Gasteiger partial charge in [-0.15, -0.1) is 12.3 Å². The highest BCUT2D eigenvalue weighted by Crippen LogP contribution is 1.98. The Balaban J connectivity index is 2.67. The zero-order chi connectivity index (χ0) is 5.82. The van der Waals surface area contributed by atoms with Crippen molar-refractivity contribution in [1.82, 2.24) is 0 Å². The maximum atomic E-state index is 5.03. The highest BCUT2D eigenvalue weighted by atomic mass is 16.3. The molecule has 0 aliphatic rings. The van der Waals surface area contributed by atoms with Crippen LogP contribution in [0.15, 0.2) is 23.0 Å². The molecule has 0 aliphatic heterocycles. The smallest absolute Gasteiger partial charge is 0.0944 e. The molecular weight excluding hydrogens is 100 g/mol. The second-order valence-corrected chi connectivity index (χ2v) is 1.51. The van der Waals surface area contributed by atoms with Crippen molar-refractivity contribution < 1.29 is 4.42 Å². The van der Waals surface area contributed by atoms with Gasteiger partial charge in [-0.1, -0.05) is 0 Å². The molecule has 0 fully saturated rings. The molecule has 1 nitrogen and oxygen atoms in total. The van der Waals surface area contributed by atoms with Crippen LogP contribution in [0.3, 0.4) is 0 Å². The molecule has 0 atom stereocenters. The van der Waals surface area contributed by atoms with Crippen LogP contribution in [-0.2, 0) is 6.42 Å². The van der Waals surface area contributed by atoms with Gasteiger partial charge in [0.2, 0.25) is 0 Å². The van der Waals surface area contributed by atoms with Gasteiger partial charge in [0.15, 0.2) is 0 Å². The fourth-order valence-corrected chi connectivity index (χ4v) is 0.511. The zero-order valence-electron chi connectivity index (χ0n) is 4.42. The van der Waals surface area contributed by atoms with Gasteiger partial charge in [0.05, 0.1) is 12.5 Å².